The second-order valence-electron chi connectivity index (χ2n) is 6.22. The highest BCUT2D eigenvalue weighted by atomic mass is 19.1. The summed E-state index contributed by atoms with van der Waals surface area (Å²) in [7, 11) is 0. The molecule has 3 rings (SSSR count). The van der Waals surface area contributed by atoms with Gasteiger partial charge in [-0.15, -0.1) is 0 Å². The number of hydrogen-bond acceptors (Lipinski definition) is 5. The second-order valence-corrected chi connectivity index (χ2v) is 6.22. The number of piperidine rings is 1. The van der Waals surface area contributed by atoms with Gasteiger partial charge in [-0.2, -0.15) is 4.98 Å². The number of carbonyl (C=O) groups is 1. The fraction of sp³-hybridized carbons (Fsp3) is 0.471. The van der Waals surface area contributed by atoms with Crippen LogP contribution in [0.3, 0.4) is 0 Å². The molecule has 0 spiro atoms. The van der Waals surface area contributed by atoms with Crippen molar-refractivity contribution in [3.05, 3.63) is 35.5 Å². The van der Waals surface area contributed by atoms with Crippen molar-refractivity contribution in [2.75, 3.05) is 13.1 Å². The predicted molar refractivity (Wildman–Crippen MR) is 86.5 cm³/mol. The second kappa shape index (κ2) is 7.09. The molecule has 0 radical (unpaired) electrons. The SMILES string of the molecule is Cc1ccc(-c2noc(CCC(=O)N3CCCC(N)C3)n2)cc1F. The minimum absolute atomic E-state index is 0.0475. The van der Waals surface area contributed by atoms with E-state index >= 15 is 0 Å². The van der Waals surface area contributed by atoms with Crippen LogP contribution in [0.5, 0.6) is 0 Å². The molecule has 1 atom stereocenters. The van der Waals surface area contributed by atoms with E-state index in [-0.39, 0.29) is 17.8 Å². The van der Waals surface area contributed by atoms with Gasteiger partial charge < -0.3 is 15.2 Å². The molecular formula is C17H21FN4O2. The van der Waals surface area contributed by atoms with Crippen LogP contribution in [0.4, 0.5) is 4.39 Å². The first-order valence-corrected chi connectivity index (χ1v) is 8.15. The van der Waals surface area contributed by atoms with Gasteiger partial charge in [-0.25, -0.2) is 4.39 Å². The van der Waals surface area contributed by atoms with Gasteiger partial charge in [-0.3, -0.25) is 4.79 Å². The van der Waals surface area contributed by atoms with Gasteiger partial charge in [0, 0.05) is 37.5 Å². The van der Waals surface area contributed by atoms with Gasteiger partial charge in [0.15, 0.2) is 0 Å². The summed E-state index contributed by atoms with van der Waals surface area (Å²) in [5.74, 6) is 0.443. The van der Waals surface area contributed by atoms with Crippen LogP contribution in [-0.2, 0) is 11.2 Å². The molecular weight excluding hydrogens is 311 g/mol. The number of likely N-dealkylation sites (tertiary alicyclic amines) is 1. The predicted octanol–water partition coefficient (Wildman–Crippen LogP) is 2.07. The highest BCUT2D eigenvalue weighted by Crippen LogP contribution is 2.19. The van der Waals surface area contributed by atoms with Gasteiger partial charge >= 0.3 is 0 Å². The van der Waals surface area contributed by atoms with Crippen molar-refractivity contribution in [1.82, 2.24) is 15.0 Å². The molecule has 1 saturated heterocycles. The van der Waals surface area contributed by atoms with E-state index in [1.54, 1.807) is 24.0 Å². The summed E-state index contributed by atoms with van der Waals surface area (Å²) < 4.78 is 18.8. The molecule has 1 aromatic heterocycles. The van der Waals surface area contributed by atoms with Gasteiger partial charge in [0.05, 0.1) is 0 Å². The maximum atomic E-state index is 13.6. The van der Waals surface area contributed by atoms with Gasteiger partial charge in [0.2, 0.25) is 17.6 Å². The summed E-state index contributed by atoms with van der Waals surface area (Å²) in [6, 6.07) is 4.86. The van der Waals surface area contributed by atoms with E-state index in [0.29, 0.717) is 42.2 Å². The van der Waals surface area contributed by atoms with E-state index in [4.69, 9.17) is 10.3 Å². The van der Waals surface area contributed by atoms with Crippen molar-refractivity contribution in [2.45, 2.75) is 38.6 Å². The Bertz CT molecular complexity index is 731. The molecule has 0 saturated carbocycles. The van der Waals surface area contributed by atoms with E-state index in [1.807, 2.05) is 0 Å². The lowest BCUT2D eigenvalue weighted by atomic mass is 10.1. The van der Waals surface area contributed by atoms with Crippen LogP contribution < -0.4 is 5.73 Å². The standard InChI is InChI=1S/C17H21FN4O2/c1-11-4-5-12(9-14(11)18)17-20-15(24-21-17)6-7-16(23)22-8-2-3-13(19)10-22/h4-5,9,13H,2-3,6-8,10,19H2,1H3. The molecule has 7 heteroatoms. The fourth-order valence-electron chi connectivity index (χ4n) is 2.81. The van der Waals surface area contributed by atoms with Crippen LogP contribution in [0.15, 0.2) is 22.7 Å². The van der Waals surface area contributed by atoms with Crippen LogP contribution in [0.1, 0.15) is 30.7 Å². The van der Waals surface area contributed by atoms with Crippen LogP contribution >= 0.6 is 0 Å². The number of halogens is 1. The number of aromatic nitrogens is 2. The Kier molecular flexibility index (Phi) is 4.89. The number of nitrogens with zero attached hydrogens (tertiary/aromatic N) is 3. The summed E-state index contributed by atoms with van der Waals surface area (Å²) >= 11 is 0. The Balaban J connectivity index is 1.59. The number of aryl methyl sites for hydroxylation is 2. The highest BCUT2D eigenvalue weighted by Gasteiger charge is 2.21. The molecule has 1 aliphatic heterocycles. The van der Waals surface area contributed by atoms with Crippen LogP contribution in [-0.4, -0.2) is 40.1 Å². The smallest absolute Gasteiger partial charge is 0.227 e. The Morgan fingerprint density at radius 3 is 3.08 bits per heavy atom. The van der Waals surface area contributed by atoms with Crippen molar-refractivity contribution in [3.63, 3.8) is 0 Å². The molecule has 24 heavy (non-hydrogen) atoms. The van der Waals surface area contributed by atoms with Gasteiger partial charge in [-0.1, -0.05) is 17.3 Å². The lowest BCUT2D eigenvalue weighted by Gasteiger charge is -2.30. The lowest BCUT2D eigenvalue weighted by Crippen LogP contribution is -2.45. The maximum Gasteiger partial charge on any atom is 0.227 e. The first-order chi connectivity index (χ1) is 11.5. The molecule has 1 amide bonds. The third-order valence-electron chi connectivity index (χ3n) is 4.26. The topological polar surface area (TPSA) is 85.2 Å². The maximum absolute atomic E-state index is 13.6. The third-order valence-corrected chi connectivity index (χ3v) is 4.26. The minimum Gasteiger partial charge on any atom is -0.341 e. The van der Waals surface area contributed by atoms with Gasteiger partial charge in [0.1, 0.15) is 5.82 Å². The van der Waals surface area contributed by atoms with Crippen molar-refractivity contribution in [1.29, 1.82) is 0 Å². The molecule has 2 aromatic rings. The molecule has 1 aromatic carbocycles. The normalized spacial score (nSPS) is 18.0. The summed E-state index contributed by atoms with van der Waals surface area (Å²) in [4.78, 5) is 18.2. The molecule has 128 valence electrons. The van der Waals surface area contributed by atoms with E-state index in [2.05, 4.69) is 10.1 Å². The number of carbonyl (C=O) groups excluding carboxylic acids is 1. The van der Waals surface area contributed by atoms with Gasteiger partial charge in [-0.05, 0) is 31.4 Å². The monoisotopic (exact) mass is 332 g/mol. The van der Waals surface area contributed by atoms with E-state index in [1.165, 1.54) is 6.07 Å². The zero-order chi connectivity index (χ0) is 17.1. The van der Waals surface area contributed by atoms with Crippen molar-refractivity contribution < 1.29 is 13.7 Å². The molecule has 0 bridgehead atoms. The highest BCUT2D eigenvalue weighted by molar-refractivity contribution is 5.76. The third kappa shape index (κ3) is 3.79. The first kappa shape index (κ1) is 16.6. The Morgan fingerprint density at radius 1 is 1.50 bits per heavy atom. The number of rotatable bonds is 4. The fourth-order valence-corrected chi connectivity index (χ4v) is 2.81. The first-order valence-electron chi connectivity index (χ1n) is 8.15. The zero-order valence-electron chi connectivity index (χ0n) is 13.7. The van der Waals surface area contributed by atoms with Crippen molar-refractivity contribution in [3.8, 4) is 11.4 Å². The van der Waals surface area contributed by atoms with Crippen molar-refractivity contribution >= 4 is 5.91 Å². The molecule has 0 aliphatic carbocycles. The average Bonchev–Trinajstić information content (AvgIpc) is 3.04. The minimum atomic E-state index is -0.310. The van der Waals surface area contributed by atoms with Crippen LogP contribution in [0.25, 0.3) is 11.4 Å². The number of amides is 1. The summed E-state index contributed by atoms with van der Waals surface area (Å²) in [6.07, 6.45) is 2.57. The summed E-state index contributed by atoms with van der Waals surface area (Å²) in [5, 5.41) is 3.86. The largest absolute Gasteiger partial charge is 0.341 e. The molecule has 2 N–H and O–H groups in total. The lowest BCUT2D eigenvalue weighted by molar-refractivity contribution is -0.132. The average molecular weight is 332 g/mol. The van der Waals surface area contributed by atoms with Crippen molar-refractivity contribution in [2.24, 2.45) is 5.73 Å². The van der Waals surface area contributed by atoms with E-state index in [9.17, 15) is 9.18 Å². The summed E-state index contributed by atoms with van der Waals surface area (Å²) in [5.41, 5.74) is 7.01. The molecule has 6 nitrogen and oxygen atoms in total. The Morgan fingerprint density at radius 2 is 2.33 bits per heavy atom. The number of benzene rings is 1. The molecule has 1 aliphatic rings. The van der Waals surface area contributed by atoms with Gasteiger partial charge in [0.25, 0.3) is 0 Å². The summed E-state index contributed by atoms with van der Waals surface area (Å²) in [6.45, 7) is 3.06. The Hall–Kier alpha value is -2.28. The number of hydrogen-bond donors (Lipinski definition) is 1. The van der Waals surface area contributed by atoms with Crippen LogP contribution in [0, 0.1) is 12.7 Å². The zero-order valence-corrected chi connectivity index (χ0v) is 13.7. The van der Waals surface area contributed by atoms with Crippen LogP contribution in [0.2, 0.25) is 0 Å². The number of nitrogens with two attached hydrogens (primary N) is 1. The van der Waals surface area contributed by atoms with E-state index in [0.717, 1.165) is 19.4 Å². The quantitative estimate of drug-likeness (QED) is 0.926. The molecule has 1 fully saturated rings. The molecule has 2 heterocycles. The van der Waals surface area contributed by atoms with E-state index < -0.39 is 0 Å². The molecule has 1 unspecified atom stereocenters. The Labute approximate surface area is 139 Å².